The lowest BCUT2D eigenvalue weighted by atomic mass is 9.73. The monoisotopic (exact) mass is 279 g/mol. The average Bonchev–Trinajstić information content (AvgIpc) is 2.45. The standard InChI is InChI=1S/C16H25NO3/c1-4-12(3)10-16(11-17,15(18)19)13-6-8-14(9-7-13)20-5-2/h6-9,12H,4-5,10-11,17H2,1-3H3,(H,18,19). The van der Waals surface area contributed by atoms with Gasteiger partial charge in [-0.1, -0.05) is 32.4 Å². The molecule has 1 aromatic carbocycles. The summed E-state index contributed by atoms with van der Waals surface area (Å²) in [7, 11) is 0. The maximum absolute atomic E-state index is 11.8. The van der Waals surface area contributed by atoms with E-state index in [2.05, 4.69) is 13.8 Å². The van der Waals surface area contributed by atoms with E-state index >= 15 is 0 Å². The number of carboxylic acids is 1. The van der Waals surface area contributed by atoms with E-state index in [0.29, 0.717) is 18.9 Å². The van der Waals surface area contributed by atoms with E-state index in [-0.39, 0.29) is 6.54 Å². The van der Waals surface area contributed by atoms with Crippen LogP contribution in [0.2, 0.25) is 0 Å². The fourth-order valence-electron chi connectivity index (χ4n) is 2.39. The molecule has 0 fully saturated rings. The molecule has 2 unspecified atom stereocenters. The molecule has 1 aromatic rings. The molecule has 0 aromatic heterocycles. The van der Waals surface area contributed by atoms with Crippen molar-refractivity contribution in [1.82, 2.24) is 0 Å². The van der Waals surface area contributed by atoms with Gasteiger partial charge in [-0.2, -0.15) is 0 Å². The number of benzene rings is 1. The van der Waals surface area contributed by atoms with Crippen molar-refractivity contribution in [2.75, 3.05) is 13.2 Å². The number of carbonyl (C=O) groups is 1. The van der Waals surface area contributed by atoms with Crippen LogP contribution in [-0.2, 0) is 10.2 Å². The first-order chi connectivity index (χ1) is 9.50. The van der Waals surface area contributed by atoms with Crippen LogP contribution in [-0.4, -0.2) is 24.2 Å². The molecule has 0 radical (unpaired) electrons. The Kier molecular flexibility index (Phi) is 6.02. The summed E-state index contributed by atoms with van der Waals surface area (Å²) in [5.41, 5.74) is 5.56. The van der Waals surface area contributed by atoms with E-state index in [1.54, 1.807) is 0 Å². The van der Waals surface area contributed by atoms with Crippen LogP contribution in [0.1, 0.15) is 39.2 Å². The van der Waals surface area contributed by atoms with Crippen LogP contribution in [0.15, 0.2) is 24.3 Å². The summed E-state index contributed by atoms with van der Waals surface area (Å²) >= 11 is 0. The van der Waals surface area contributed by atoms with Gasteiger partial charge in [0, 0.05) is 6.54 Å². The number of hydrogen-bond donors (Lipinski definition) is 2. The van der Waals surface area contributed by atoms with Gasteiger partial charge in [0.15, 0.2) is 0 Å². The number of rotatable bonds is 8. The second kappa shape index (κ2) is 7.29. The van der Waals surface area contributed by atoms with Crippen molar-refractivity contribution in [3.05, 3.63) is 29.8 Å². The third kappa shape index (κ3) is 3.51. The summed E-state index contributed by atoms with van der Waals surface area (Å²) in [6, 6.07) is 7.24. The molecule has 0 saturated heterocycles. The third-order valence-corrected chi connectivity index (χ3v) is 3.87. The van der Waals surface area contributed by atoms with E-state index < -0.39 is 11.4 Å². The minimum Gasteiger partial charge on any atom is -0.494 e. The van der Waals surface area contributed by atoms with Gasteiger partial charge in [-0.05, 0) is 37.0 Å². The molecule has 0 aliphatic carbocycles. The summed E-state index contributed by atoms with van der Waals surface area (Å²) in [5.74, 6) is 0.196. The largest absolute Gasteiger partial charge is 0.494 e. The molecule has 2 atom stereocenters. The third-order valence-electron chi connectivity index (χ3n) is 3.87. The lowest BCUT2D eigenvalue weighted by Crippen LogP contribution is -2.44. The summed E-state index contributed by atoms with van der Waals surface area (Å²) in [4.78, 5) is 11.8. The topological polar surface area (TPSA) is 72.5 Å². The van der Waals surface area contributed by atoms with E-state index in [9.17, 15) is 9.90 Å². The smallest absolute Gasteiger partial charge is 0.315 e. The molecule has 0 aliphatic rings. The maximum atomic E-state index is 11.8. The van der Waals surface area contributed by atoms with Gasteiger partial charge in [0.2, 0.25) is 0 Å². The fraction of sp³-hybridized carbons (Fsp3) is 0.562. The van der Waals surface area contributed by atoms with Crippen LogP contribution in [0.3, 0.4) is 0 Å². The predicted octanol–water partition coefficient (Wildman–Crippen LogP) is 2.80. The molecule has 0 saturated carbocycles. The number of hydrogen-bond acceptors (Lipinski definition) is 3. The molecule has 1 rings (SSSR count). The molecule has 0 bridgehead atoms. The Balaban J connectivity index is 3.12. The van der Waals surface area contributed by atoms with Crippen LogP contribution in [0.5, 0.6) is 5.75 Å². The summed E-state index contributed by atoms with van der Waals surface area (Å²) < 4.78 is 5.39. The second-order valence-electron chi connectivity index (χ2n) is 5.27. The van der Waals surface area contributed by atoms with Gasteiger partial charge in [0.25, 0.3) is 0 Å². The number of carboxylic acid groups (broad SMARTS) is 1. The van der Waals surface area contributed by atoms with Crippen LogP contribution in [0.25, 0.3) is 0 Å². The van der Waals surface area contributed by atoms with Crippen molar-refractivity contribution < 1.29 is 14.6 Å². The molecule has 4 heteroatoms. The fourth-order valence-corrected chi connectivity index (χ4v) is 2.39. The first kappa shape index (κ1) is 16.5. The van der Waals surface area contributed by atoms with Crippen molar-refractivity contribution in [1.29, 1.82) is 0 Å². The summed E-state index contributed by atoms with van der Waals surface area (Å²) in [6.07, 6.45) is 1.48. The molecule has 3 N–H and O–H groups in total. The van der Waals surface area contributed by atoms with Crippen molar-refractivity contribution >= 4 is 5.97 Å². The normalized spacial score (nSPS) is 15.4. The predicted molar refractivity (Wildman–Crippen MR) is 80.1 cm³/mol. The zero-order valence-electron chi connectivity index (χ0n) is 12.6. The highest BCUT2D eigenvalue weighted by Gasteiger charge is 2.40. The highest BCUT2D eigenvalue weighted by molar-refractivity contribution is 5.81. The van der Waals surface area contributed by atoms with Crippen molar-refractivity contribution in [3.8, 4) is 5.75 Å². The average molecular weight is 279 g/mol. The van der Waals surface area contributed by atoms with Gasteiger partial charge in [-0.15, -0.1) is 0 Å². The highest BCUT2D eigenvalue weighted by atomic mass is 16.5. The molecular weight excluding hydrogens is 254 g/mol. The molecular formula is C16H25NO3. The quantitative estimate of drug-likeness (QED) is 0.767. The Hall–Kier alpha value is -1.55. The van der Waals surface area contributed by atoms with Crippen LogP contribution in [0, 0.1) is 5.92 Å². The van der Waals surface area contributed by atoms with Crippen molar-refractivity contribution in [2.45, 2.75) is 39.0 Å². The summed E-state index contributed by atoms with van der Waals surface area (Å²) in [5, 5.41) is 9.68. The van der Waals surface area contributed by atoms with Gasteiger partial charge < -0.3 is 15.6 Å². The van der Waals surface area contributed by atoms with Gasteiger partial charge in [0.05, 0.1) is 6.61 Å². The Bertz CT molecular complexity index is 430. The SMILES string of the molecule is CCOc1ccc(C(CN)(CC(C)CC)C(=O)O)cc1. The molecule has 112 valence electrons. The molecule has 0 amide bonds. The molecule has 0 heterocycles. The van der Waals surface area contributed by atoms with Crippen LogP contribution < -0.4 is 10.5 Å². The Labute approximate surface area is 120 Å². The highest BCUT2D eigenvalue weighted by Crippen LogP contribution is 2.33. The number of ether oxygens (including phenoxy) is 1. The Morgan fingerprint density at radius 3 is 2.35 bits per heavy atom. The van der Waals surface area contributed by atoms with Gasteiger partial charge in [0.1, 0.15) is 11.2 Å². The van der Waals surface area contributed by atoms with E-state index in [4.69, 9.17) is 10.5 Å². The molecule has 0 spiro atoms. The lowest BCUT2D eigenvalue weighted by molar-refractivity contribution is -0.144. The zero-order chi connectivity index (χ0) is 15.2. The molecule has 20 heavy (non-hydrogen) atoms. The van der Waals surface area contributed by atoms with Gasteiger partial charge in [-0.3, -0.25) is 4.79 Å². The van der Waals surface area contributed by atoms with E-state index in [1.807, 2.05) is 31.2 Å². The molecule has 0 aliphatic heterocycles. The maximum Gasteiger partial charge on any atom is 0.315 e. The lowest BCUT2D eigenvalue weighted by Gasteiger charge is -2.31. The molecule has 4 nitrogen and oxygen atoms in total. The minimum absolute atomic E-state index is 0.0979. The van der Waals surface area contributed by atoms with Gasteiger partial charge >= 0.3 is 5.97 Å². The van der Waals surface area contributed by atoms with E-state index in [1.165, 1.54) is 0 Å². The number of aliphatic carboxylic acids is 1. The minimum atomic E-state index is -1.01. The van der Waals surface area contributed by atoms with E-state index in [0.717, 1.165) is 17.7 Å². The second-order valence-corrected chi connectivity index (χ2v) is 5.27. The van der Waals surface area contributed by atoms with Crippen molar-refractivity contribution in [3.63, 3.8) is 0 Å². The first-order valence-corrected chi connectivity index (χ1v) is 7.17. The Morgan fingerprint density at radius 2 is 1.95 bits per heavy atom. The van der Waals surface area contributed by atoms with Crippen molar-refractivity contribution in [2.24, 2.45) is 11.7 Å². The van der Waals surface area contributed by atoms with Crippen LogP contribution >= 0.6 is 0 Å². The van der Waals surface area contributed by atoms with Crippen LogP contribution in [0.4, 0.5) is 0 Å². The zero-order valence-corrected chi connectivity index (χ0v) is 12.6. The number of nitrogens with two attached hydrogens (primary N) is 1. The first-order valence-electron chi connectivity index (χ1n) is 7.17. The Morgan fingerprint density at radius 1 is 1.35 bits per heavy atom. The summed E-state index contributed by atoms with van der Waals surface area (Å²) in [6.45, 7) is 6.72. The van der Waals surface area contributed by atoms with Gasteiger partial charge in [-0.25, -0.2) is 0 Å².